The zero-order valence-corrected chi connectivity index (χ0v) is 15.8. The molecule has 1 amide bonds. The van der Waals surface area contributed by atoms with Gasteiger partial charge in [-0.05, 0) is 38.9 Å². The van der Waals surface area contributed by atoms with Crippen molar-refractivity contribution in [3.8, 4) is 0 Å². The first-order chi connectivity index (χ1) is 13.0. The normalized spacial score (nSPS) is 16.6. The first-order valence-electron chi connectivity index (χ1n) is 9.22. The molecule has 146 valence electrons. The van der Waals surface area contributed by atoms with Gasteiger partial charge in [-0.15, -0.1) is 0 Å². The van der Waals surface area contributed by atoms with E-state index in [0.29, 0.717) is 18.8 Å². The Kier molecular flexibility index (Phi) is 5.95. The molecule has 1 saturated heterocycles. The molecule has 27 heavy (non-hydrogen) atoms. The van der Waals surface area contributed by atoms with Crippen molar-refractivity contribution in [3.63, 3.8) is 0 Å². The fourth-order valence-electron chi connectivity index (χ4n) is 3.81. The Labute approximate surface area is 158 Å². The van der Waals surface area contributed by atoms with E-state index in [4.69, 9.17) is 19.4 Å². The van der Waals surface area contributed by atoms with Crippen molar-refractivity contribution in [1.29, 1.82) is 0 Å². The lowest BCUT2D eigenvalue weighted by molar-refractivity contribution is -0.122. The van der Waals surface area contributed by atoms with Crippen molar-refractivity contribution in [2.75, 3.05) is 13.1 Å². The topological polar surface area (TPSA) is 91.8 Å². The smallest absolute Gasteiger partial charge is 0.290 e. The molecule has 4 rings (SSSR count). The van der Waals surface area contributed by atoms with Crippen LogP contribution in [0.4, 0.5) is 0 Å². The number of rotatable bonds is 3. The molecule has 2 aromatic heterocycles. The minimum absolute atomic E-state index is 0.0300. The van der Waals surface area contributed by atoms with Crippen LogP contribution >= 0.6 is 0 Å². The Morgan fingerprint density at radius 1 is 1.30 bits per heavy atom. The van der Waals surface area contributed by atoms with Gasteiger partial charge in [0.1, 0.15) is 0 Å². The molecule has 1 N–H and O–H groups in total. The van der Waals surface area contributed by atoms with Crippen molar-refractivity contribution < 1.29 is 19.1 Å². The predicted molar refractivity (Wildman–Crippen MR) is 98.1 cm³/mol. The number of carbonyl (C=O) groups is 2. The van der Waals surface area contributed by atoms with Crippen LogP contribution in [0.25, 0.3) is 0 Å². The minimum atomic E-state index is -0.250. The Bertz CT molecular complexity index is 805. The van der Waals surface area contributed by atoms with Gasteiger partial charge in [0.2, 0.25) is 0 Å². The molecular formula is C19H26N4O4. The maximum Gasteiger partial charge on any atom is 0.290 e. The van der Waals surface area contributed by atoms with Gasteiger partial charge in [0.05, 0.1) is 30.7 Å². The number of hydrogen-bond acceptors (Lipinski definition) is 5. The van der Waals surface area contributed by atoms with Crippen LogP contribution in [-0.4, -0.2) is 50.2 Å². The van der Waals surface area contributed by atoms with E-state index in [-0.39, 0.29) is 12.4 Å². The average molecular weight is 374 g/mol. The number of piperidine rings is 1. The molecule has 2 aliphatic heterocycles. The molecule has 0 aliphatic carbocycles. The molecule has 4 heterocycles. The summed E-state index contributed by atoms with van der Waals surface area (Å²) in [6.07, 6.45) is 5.46. The Morgan fingerprint density at radius 3 is 2.63 bits per heavy atom. The predicted octanol–water partition coefficient (Wildman–Crippen LogP) is 2.16. The van der Waals surface area contributed by atoms with Crippen LogP contribution in [0.1, 0.15) is 52.3 Å². The van der Waals surface area contributed by atoms with Gasteiger partial charge >= 0.3 is 0 Å². The van der Waals surface area contributed by atoms with Crippen LogP contribution in [-0.2, 0) is 31.5 Å². The first kappa shape index (κ1) is 19.2. The Hall–Kier alpha value is -2.61. The summed E-state index contributed by atoms with van der Waals surface area (Å²) in [4.78, 5) is 25.4. The van der Waals surface area contributed by atoms with Crippen molar-refractivity contribution in [2.45, 2.75) is 45.8 Å². The van der Waals surface area contributed by atoms with Gasteiger partial charge in [0, 0.05) is 24.7 Å². The van der Waals surface area contributed by atoms with E-state index in [1.54, 1.807) is 6.26 Å². The number of furan rings is 1. The van der Waals surface area contributed by atoms with E-state index < -0.39 is 0 Å². The lowest BCUT2D eigenvalue weighted by atomic mass is 10.1. The molecular weight excluding hydrogens is 348 g/mol. The highest BCUT2D eigenvalue weighted by Gasteiger charge is 2.32. The van der Waals surface area contributed by atoms with Crippen LogP contribution in [0.15, 0.2) is 16.7 Å². The zero-order chi connectivity index (χ0) is 19.4. The van der Waals surface area contributed by atoms with E-state index in [1.165, 1.54) is 24.8 Å². The third kappa shape index (κ3) is 4.05. The molecule has 0 aromatic carbocycles. The highest BCUT2D eigenvalue weighted by atomic mass is 16.3. The second-order valence-electron chi connectivity index (χ2n) is 7.03. The van der Waals surface area contributed by atoms with Gasteiger partial charge in [-0.25, -0.2) is 0 Å². The number of amides is 1. The van der Waals surface area contributed by atoms with Gasteiger partial charge in [-0.3, -0.25) is 19.2 Å². The molecule has 8 heteroatoms. The SMILES string of the molecule is Cc1ccoc1C(=O)N1Cc2c(CN3CCCCC3)nn(C)c2C1.O=CO. The molecule has 0 saturated carbocycles. The lowest BCUT2D eigenvalue weighted by Crippen LogP contribution is -2.30. The van der Waals surface area contributed by atoms with E-state index in [0.717, 1.165) is 36.6 Å². The van der Waals surface area contributed by atoms with E-state index in [2.05, 4.69) is 4.90 Å². The van der Waals surface area contributed by atoms with Gasteiger partial charge in [0.25, 0.3) is 12.4 Å². The second kappa shape index (κ2) is 8.39. The number of aryl methyl sites for hydroxylation is 2. The van der Waals surface area contributed by atoms with Crippen LogP contribution in [0, 0.1) is 6.92 Å². The Morgan fingerprint density at radius 2 is 2.00 bits per heavy atom. The summed E-state index contributed by atoms with van der Waals surface area (Å²) in [7, 11) is 1.98. The van der Waals surface area contributed by atoms with Crippen molar-refractivity contribution in [3.05, 3.63) is 40.6 Å². The number of nitrogens with zero attached hydrogens (tertiary/aromatic N) is 4. The van der Waals surface area contributed by atoms with Gasteiger partial charge in [0.15, 0.2) is 5.76 Å². The molecule has 1 fully saturated rings. The summed E-state index contributed by atoms with van der Waals surface area (Å²) in [5, 5.41) is 11.6. The standard InChI is InChI=1S/C18H24N4O2.CH2O2/c1-13-6-9-24-17(13)18(23)22-10-14-15(19-20(2)16(14)12-22)11-21-7-4-3-5-8-21;2-1-3/h6,9H,3-5,7-8,10-12H2,1-2H3;1H,(H,2,3). The van der Waals surface area contributed by atoms with Crippen molar-refractivity contribution >= 4 is 12.4 Å². The van der Waals surface area contributed by atoms with E-state index >= 15 is 0 Å². The maximum atomic E-state index is 12.7. The van der Waals surface area contributed by atoms with Gasteiger partial charge in [-0.1, -0.05) is 6.42 Å². The van der Waals surface area contributed by atoms with Crippen molar-refractivity contribution in [1.82, 2.24) is 19.6 Å². The highest BCUT2D eigenvalue weighted by Crippen LogP contribution is 2.28. The fraction of sp³-hybridized carbons (Fsp3) is 0.526. The summed E-state index contributed by atoms with van der Waals surface area (Å²) < 4.78 is 7.32. The lowest BCUT2D eigenvalue weighted by Gasteiger charge is -2.26. The number of fused-ring (bicyclic) bond motifs is 1. The number of carbonyl (C=O) groups excluding carboxylic acids is 1. The number of aromatic nitrogens is 2. The maximum absolute atomic E-state index is 12.7. The molecule has 8 nitrogen and oxygen atoms in total. The summed E-state index contributed by atoms with van der Waals surface area (Å²) in [6, 6.07) is 1.83. The summed E-state index contributed by atoms with van der Waals surface area (Å²) in [5.74, 6) is 0.422. The quantitative estimate of drug-likeness (QED) is 0.828. The van der Waals surface area contributed by atoms with Crippen LogP contribution in [0.5, 0.6) is 0 Å². The summed E-state index contributed by atoms with van der Waals surface area (Å²) in [6.45, 7) is 6.09. The molecule has 0 bridgehead atoms. The van der Waals surface area contributed by atoms with Crippen molar-refractivity contribution in [2.24, 2.45) is 7.05 Å². The molecule has 2 aromatic rings. The third-order valence-electron chi connectivity index (χ3n) is 5.21. The highest BCUT2D eigenvalue weighted by molar-refractivity contribution is 5.93. The molecule has 0 unspecified atom stereocenters. The van der Waals surface area contributed by atoms with Crippen LogP contribution < -0.4 is 0 Å². The van der Waals surface area contributed by atoms with Crippen LogP contribution in [0.2, 0.25) is 0 Å². The summed E-state index contributed by atoms with van der Waals surface area (Å²) in [5.41, 5.74) is 4.39. The van der Waals surface area contributed by atoms with E-state index in [1.807, 2.05) is 29.6 Å². The monoisotopic (exact) mass is 374 g/mol. The fourth-order valence-corrected chi connectivity index (χ4v) is 3.81. The molecule has 0 spiro atoms. The minimum Gasteiger partial charge on any atom is -0.483 e. The summed E-state index contributed by atoms with van der Waals surface area (Å²) >= 11 is 0. The van der Waals surface area contributed by atoms with Crippen LogP contribution in [0.3, 0.4) is 0 Å². The number of hydrogen-bond donors (Lipinski definition) is 1. The van der Waals surface area contributed by atoms with E-state index in [9.17, 15) is 4.79 Å². The second-order valence-corrected chi connectivity index (χ2v) is 7.03. The van der Waals surface area contributed by atoms with Gasteiger partial charge in [-0.2, -0.15) is 5.10 Å². The average Bonchev–Trinajstić information content (AvgIpc) is 3.34. The molecule has 2 aliphatic rings. The number of carboxylic acid groups (broad SMARTS) is 1. The molecule has 0 atom stereocenters. The number of likely N-dealkylation sites (tertiary alicyclic amines) is 1. The largest absolute Gasteiger partial charge is 0.483 e. The Balaban J connectivity index is 0.000000659. The zero-order valence-electron chi connectivity index (χ0n) is 15.8. The third-order valence-corrected chi connectivity index (χ3v) is 5.21. The molecule has 0 radical (unpaired) electrons. The first-order valence-corrected chi connectivity index (χ1v) is 9.22. The van der Waals surface area contributed by atoms with Gasteiger partial charge < -0.3 is 14.4 Å².